The van der Waals surface area contributed by atoms with E-state index in [-0.39, 0.29) is 5.91 Å². The molecule has 0 unspecified atom stereocenters. The van der Waals surface area contributed by atoms with Crippen molar-refractivity contribution in [3.05, 3.63) is 53.2 Å². The summed E-state index contributed by atoms with van der Waals surface area (Å²) in [4.78, 5) is 18.5. The Bertz CT molecular complexity index is 626. The number of nitrogens with one attached hydrogen (secondary N) is 2. The molecule has 0 aliphatic rings. The lowest BCUT2D eigenvalue weighted by molar-refractivity contribution is 0.102. The van der Waals surface area contributed by atoms with Crippen LogP contribution in [0.5, 0.6) is 0 Å². The Morgan fingerprint density at radius 1 is 1.17 bits per heavy atom. The van der Waals surface area contributed by atoms with Gasteiger partial charge in [-0.25, -0.2) is 4.98 Å². The van der Waals surface area contributed by atoms with Gasteiger partial charge in [-0.3, -0.25) is 4.79 Å². The number of anilines is 2. The molecule has 2 aromatic rings. The minimum Gasteiger partial charge on any atom is -0.370 e. The fraction of sp³-hybridized carbons (Fsp3) is 0.294. The highest BCUT2D eigenvalue weighted by Gasteiger charge is 2.06. The summed E-state index contributed by atoms with van der Waals surface area (Å²) in [7, 11) is 4.10. The highest BCUT2D eigenvalue weighted by molar-refractivity contribution is 6.30. The number of hydrogen-bond acceptors (Lipinski definition) is 4. The number of carbonyl (C=O) groups excluding carboxylic acids is 1. The van der Waals surface area contributed by atoms with Crippen molar-refractivity contribution in [2.75, 3.05) is 37.8 Å². The first-order valence-corrected chi connectivity index (χ1v) is 7.84. The average Bonchev–Trinajstić information content (AvgIpc) is 2.53. The van der Waals surface area contributed by atoms with E-state index in [1.54, 1.807) is 30.5 Å². The van der Waals surface area contributed by atoms with Crippen molar-refractivity contribution >= 4 is 29.0 Å². The molecule has 1 amide bonds. The Labute approximate surface area is 141 Å². The number of amides is 1. The average molecular weight is 333 g/mol. The van der Waals surface area contributed by atoms with Gasteiger partial charge in [0.1, 0.15) is 5.82 Å². The summed E-state index contributed by atoms with van der Waals surface area (Å²) in [5.74, 6) is 0.614. The van der Waals surface area contributed by atoms with Crippen LogP contribution in [0.3, 0.4) is 0 Å². The Morgan fingerprint density at radius 2 is 1.91 bits per heavy atom. The van der Waals surface area contributed by atoms with Crippen molar-refractivity contribution in [3.63, 3.8) is 0 Å². The van der Waals surface area contributed by atoms with Crippen LogP contribution in [0.4, 0.5) is 11.5 Å². The molecular weight excluding hydrogens is 312 g/mol. The van der Waals surface area contributed by atoms with Gasteiger partial charge in [0.15, 0.2) is 0 Å². The predicted molar refractivity (Wildman–Crippen MR) is 95.3 cm³/mol. The number of aromatic nitrogens is 1. The minimum atomic E-state index is -0.185. The van der Waals surface area contributed by atoms with Gasteiger partial charge in [0.25, 0.3) is 5.91 Å². The summed E-state index contributed by atoms with van der Waals surface area (Å²) in [5, 5.41) is 6.67. The van der Waals surface area contributed by atoms with Crippen LogP contribution in [0.1, 0.15) is 16.8 Å². The van der Waals surface area contributed by atoms with Gasteiger partial charge >= 0.3 is 0 Å². The predicted octanol–water partition coefficient (Wildman–Crippen LogP) is 3.35. The highest BCUT2D eigenvalue weighted by atomic mass is 35.5. The fourth-order valence-electron chi connectivity index (χ4n) is 1.99. The van der Waals surface area contributed by atoms with Crippen LogP contribution < -0.4 is 10.6 Å². The molecule has 1 heterocycles. The zero-order valence-electron chi connectivity index (χ0n) is 13.3. The molecule has 0 saturated heterocycles. The number of halogens is 1. The fourth-order valence-corrected chi connectivity index (χ4v) is 2.11. The van der Waals surface area contributed by atoms with E-state index in [1.165, 1.54) is 0 Å². The third-order valence-electron chi connectivity index (χ3n) is 3.22. The van der Waals surface area contributed by atoms with E-state index in [1.807, 2.05) is 12.1 Å². The van der Waals surface area contributed by atoms with Gasteiger partial charge in [0, 0.05) is 17.1 Å². The summed E-state index contributed by atoms with van der Waals surface area (Å²) in [6.07, 6.45) is 2.69. The molecule has 0 spiro atoms. The standard InChI is InChI=1S/C17H21ClN4O/c1-22(2)11-3-10-19-16-9-8-15(12-20-16)21-17(23)13-4-6-14(18)7-5-13/h4-9,12H,3,10-11H2,1-2H3,(H,19,20)(H,21,23). The van der Waals surface area contributed by atoms with Crippen LogP contribution in [0.2, 0.25) is 5.02 Å². The number of pyridine rings is 1. The molecular formula is C17H21ClN4O. The van der Waals surface area contributed by atoms with Crippen molar-refractivity contribution in [1.29, 1.82) is 0 Å². The lowest BCUT2D eigenvalue weighted by atomic mass is 10.2. The van der Waals surface area contributed by atoms with Gasteiger partial charge in [0.2, 0.25) is 0 Å². The normalized spacial score (nSPS) is 10.6. The van der Waals surface area contributed by atoms with E-state index in [4.69, 9.17) is 11.6 Å². The maximum Gasteiger partial charge on any atom is 0.255 e. The molecule has 23 heavy (non-hydrogen) atoms. The first-order chi connectivity index (χ1) is 11.0. The van der Waals surface area contributed by atoms with Gasteiger partial charge < -0.3 is 15.5 Å². The van der Waals surface area contributed by atoms with Crippen LogP contribution in [-0.4, -0.2) is 43.0 Å². The van der Waals surface area contributed by atoms with E-state index >= 15 is 0 Å². The topological polar surface area (TPSA) is 57.3 Å². The van der Waals surface area contributed by atoms with Crippen molar-refractivity contribution in [3.8, 4) is 0 Å². The second-order valence-electron chi connectivity index (χ2n) is 5.48. The Hall–Kier alpha value is -2.11. The molecule has 1 aromatic carbocycles. The first kappa shape index (κ1) is 17.2. The number of carbonyl (C=O) groups is 1. The minimum absolute atomic E-state index is 0.185. The summed E-state index contributed by atoms with van der Waals surface area (Å²) < 4.78 is 0. The number of hydrogen-bond donors (Lipinski definition) is 2. The van der Waals surface area contributed by atoms with Crippen molar-refractivity contribution in [2.24, 2.45) is 0 Å². The van der Waals surface area contributed by atoms with E-state index in [0.29, 0.717) is 16.3 Å². The van der Waals surface area contributed by atoms with E-state index in [2.05, 4.69) is 34.6 Å². The summed E-state index contributed by atoms with van der Waals surface area (Å²) in [5.41, 5.74) is 1.21. The molecule has 1 aromatic heterocycles. The lowest BCUT2D eigenvalue weighted by Gasteiger charge is -2.10. The molecule has 0 aliphatic heterocycles. The number of rotatable bonds is 7. The third kappa shape index (κ3) is 5.88. The maximum atomic E-state index is 12.1. The van der Waals surface area contributed by atoms with E-state index < -0.39 is 0 Å². The monoisotopic (exact) mass is 332 g/mol. The Balaban J connectivity index is 1.84. The quantitative estimate of drug-likeness (QED) is 0.763. The summed E-state index contributed by atoms with van der Waals surface area (Å²) >= 11 is 5.81. The summed E-state index contributed by atoms with van der Waals surface area (Å²) in [6, 6.07) is 10.4. The van der Waals surface area contributed by atoms with Crippen molar-refractivity contribution in [1.82, 2.24) is 9.88 Å². The zero-order valence-corrected chi connectivity index (χ0v) is 14.1. The van der Waals surface area contributed by atoms with Crippen molar-refractivity contribution in [2.45, 2.75) is 6.42 Å². The van der Waals surface area contributed by atoms with Crippen LogP contribution in [-0.2, 0) is 0 Å². The van der Waals surface area contributed by atoms with Gasteiger partial charge in [-0.1, -0.05) is 11.6 Å². The van der Waals surface area contributed by atoms with Crippen molar-refractivity contribution < 1.29 is 4.79 Å². The number of benzene rings is 1. The van der Waals surface area contributed by atoms with Crippen LogP contribution >= 0.6 is 11.6 Å². The molecule has 0 saturated carbocycles. The van der Waals surface area contributed by atoms with Gasteiger partial charge in [-0.15, -0.1) is 0 Å². The Kier molecular flexibility index (Phi) is 6.38. The molecule has 0 radical (unpaired) electrons. The zero-order chi connectivity index (χ0) is 16.7. The molecule has 5 nitrogen and oxygen atoms in total. The first-order valence-electron chi connectivity index (χ1n) is 7.46. The molecule has 2 rings (SSSR count). The van der Waals surface area contributed by atoms with Crippen LogP contribution in [0.25, 0.3) is 0 Å². The smallest absolute Gasteiger partial charge is 0.255 e. The Morgan fingerprint density at radius 3 is 2.52 bits per heavy atom. The third-order valence-corrected chi connectivity index (χ3v) is 3.47. The second kappa shape index (κ2) is 8.50. The molecule has 6 heteroatoms. The molecule has 122 valence electrons. The molecule has 0 aliphatic carbocycles. The number of nitrogens with zero attached hydrogens (tertiary/aromatic N) is 2. The van der Waals surface area contributed by atoms with E-state index in [0.717, 1.165) is 25.3 Å². The highest BCUT2D eigenvalue weighted by Crippen LogP contribution is 2.13. The summed E-state index contributed by atoms with van der Waals surface area (Å²) in [6.45, 7) is 1.89. The second-order valence-corrected chi connectivity index (χ2v) is 5.91. The van der Waals surface area contributed by atoms with Crippen LogP contribution in [0, 0.1) is 0 Å². The largest absolute Gasteiger partial charge is 0.370 e. The van der Waals surface area contributed by atoms with Crippen LogP contribution in [0.15, 0.2) is 42.6 Å². The maximum absolute atomic E-state index is 12.1. The lowest BCUT2D eigenvalue weighted by Crippen LogP contribution is -2.16. The molecule has 0 fully saturated rings. The van der Waals surface area contributed by atoms with Gasteiger partial charge in [0.05, 0.1) is 11.9 Å². The molecule has 0 atom stereocenters. The SMILES string of the molecule is CN(C)CCCNc1ccc(NC(=O)c2ccc(Cl)cc2)cn1. The van der Waals surface area contributed by atoms with Gasteiger partial charge in [-0.2, -0.15) is 0 Å². The molecule has 0 bridgehead atoms. The van der Waals surface area contributed by atoms with E-state index in [9.17, 15) is 4.79 Å². The molecule has 2 N–H and O–H groups in total. The van der Waals surface area contributed by atoms with Gasteiger partial charge in [-0.05, 0) is 63.5 Å².